The lowest BCUT2D eigenvalue weighted by molar-refractivity contribution is -0.118. The Morgan fingerprint density at radius 3 is 2.85 bits per heavy atom. The van der Waals surface area contributed by atoms with Crippen LogP contribution in [0.3, 0.4) is 0 Å². The standard InChI is InChI=1S/C14H18ClNO3S/c1-2-6-20(18,19)9-14(17)16-13-8-12(13)10-4-3-5-11(15)7-10/h3-5,7,12-13H,2,6,8-9H2,1H3,(H,16,17). The lowest BCUT2D eigenvalue weighted by Crippen LogP contribution is -2.33. The second-order valence-corrected chi connectivity index (χ2v) is 7.78. The summed E-state index contributed by atoms with van der Waals surface area (Å²) in [5.41, 5.74) is 1.08. The molecule has 6 heteroatoms. The summed E-state index contributed by atoms with van der Waals surface area (Å²) in [6.45, 7) is 1.78. The van der Waals surface area contributed by atoms with Gasteiger partial charge in [-0.05, 0) is 30.5 Å². The summed E-state index contributed by atoms with van der Waals surface area (Å²) >= 11 is 5.93. The van der Waals surface area contributed by atoms with Gasteiger partial charge in [0.1, 0.15) is 5.75 Å². The molecule has 4 nitrogen and oxygen atoms in total. The molecule has 0 radical (unpaired) electrons. The van der Waals surface area contributed by atoms with Crippen molar-refractivity contribution in [2.45, 2.75) is 31.7 Å². The molecule has 1 N–H and O–H groups in total. The van der Waals surface area contributed by atoms with Crippen LogP contribution in [0.2, 0.25) is 5.02 Å². The van der Waals surface area contributed by atoms with Crippen molar-refractivity contribution in [3.8, 4) is 0 Å². The van der Waals surface area contributed by atoms with Crippen LogP contribution in [-0.4, -0.2) is 31.9 Å². The molecule has 20 heavy (non-hydrogen) atoms. The number of hydrogen-bond donors (Lipinski definition) is 1. The van der Waals surface area contributed by atoms with Gasteiger partial charge in [0, 0.05) is 17.0 Å². The van der Waals surface area contributed by atoms with Gasteiger partial charge >= 0.3 is 0 Å². The summed E-state index contributed by atoms with van der Waals surface area (Å²) in [5, 5.41) is 3.45. The lowest BCUT2D eigenvalue weighted by atomic mass is 10.1. The molecule has 1 amide bonds. The van der Waals surface area contributed by atoms with Gasteiger partial charge in [-0.1, -0.05) is 30.7 Å². The zero-order valence-corrected chi connectivity index (χ0v) is 12.9. The first-order valence-corrected chi connectivity index (χ1v) is 8.86. The highest BCUT2D eigenvalue weighted by Crippen LogP contribution is 2.41. The number of rotatable bonds is 6. The Morgan fingerprint density at radius 1 is 1.45 bits per heavy atom. The molecular weight excluding hydrogens is 298 g/mol. The molecule has 0 bridgehead atoms. The van der Waals surface area contributed by atoms with E-state index >= 15 is 0 Å². The van der Waals surface area contributed by atoms with Crippen molar-refractivity contribution < 1.29 is 13.2 Å². The van der Waals surface area contributed by atoms with E-state index in [0.717, 1.165) is 12.0 Å². The van der Waals surface area contributed by atoms with Crippen molar-refractivity contribution in [2.75, 3.05) is 11.5 Å². The van der Waals surface area contributed by atoms with Gasteiger partial charge in [-0.2, -0.15) is 0 Å². The first-order chi connectivity index (χ1) is 9.41. The van der Waals surface area contributed by atoms with Crippen LogP contribution in [0.25, 0.3) is 0 Å². The van der Waals surface area contributed by atoms with E-state index in [0.29, 0.717) is 11.4 Å². The largest absolute Gasteiger partial charge is 0.352 e. The molecule has 0 aliphatic heterocycles. The fourth-order valence-corrected chi connectivity index (χ4v) is 3.74. The van der Waals surface area contributed by atoms with Crippen LogP contribution in [0.15, 0.2) is 24.3 Å². The van der Waals surface area contributed by atoms with Crippen molar-refractivity contribution in [3.63, 3.8) is 0 Å². The first-order valence-electron chi connectivity index (χ1n) is 6.66. The molecule has 1 fully saturated rings. The van der Waals surface area contributed by atoms with Crippen molar-refractivity contribution >= 4 is 27.3 Å². The third-order valence-electron chi connectivity index (χ3n) is 3.28. The van der Waals surface area contributed by atoms with Gasteiger partial charge in [-0.15, -0.1) is 0 Å². The van der Waals surface area contributed by atoms with E-state index in [4.69, 9.17) is 11.6 Å². The van der Waals surface area contributed by atoms with Crippen LogP contribution in [0.4, 0.5) is 0 Å². The Balaban J connectivity index is 1.86. The predicted molar refractivity (Wildman–Crippen MR) is 79.7 cm³/mol. The van der Waals surface area contributed by atoms with E-state index in [-0.39, 0.29) is 17.7 Å². The van der Waals surface area contributed by atoms with Crippen LogP contribution in [0, 0.1) is 0 Å². The maximum atomic E-state index is 11.7. The Labute approximate surface area is 124 Å². The maximum Gasteiger partial charge on any atom is 0.235 e. The molecule has 110 valence electrons. The molecule has 2 rings (SSSR count). The average Bonchev–Trinajstić information content (AvgIpc) is 3.07. The third kappa shape index (κ3) is 4.21. The SMILES string of the molecule is CCCS(=O)(=O)CC(=O)NC1CC1c1cccc(Cl)c1. The lowest BCUT2D eigenvalue weighted by Gasteiger charge is -2.06. The van der Waals surface area contributed by atoms with Gasteiger partial charge in [-0.3, -0.25) is 4.79 Å². The van der Waals surface area contributed by atoms with Crippen LogP contribution < -0.4 is 5.32 Å². The molecule has 2 unspecified atom stereocenters. The van der Waals surface area contributed by atoms with E-state index in [2.05, 4.69) is 5.32 Å². The van der Waals surface area contributed by atoms with Crippen molar-refractivity contribution in [2.24, 2.45) is 0 Å². The quantitative estimate of drug-likeness (QED) is 0.874. The normalized spacial score (nSPS) is 21.5. The van der Waals surface area contributed by atoms with Gasteiger partial charge in [-0.25, -0.2) is 8.42 Å². The predicted octanol–water partition coefficient (Wildman–Crippen LogP) is 2.14. The highest BCUT2D eigenvalue weighted by atomic mass is 35.5. The fourth-order valence-electron chi connectivity index (χ4n) is 2.29. The van der Waals surface area contributed by atoms with E-state index in [9.17, 15) is 13.2 Å². The Kier molecular flexibility index (Phi) is 4.70. The zero-order chi connectivity index (χ0) is 14.8. The van der Waals surface area contributed by atoms with Gasteiger partial charge in [0.2, 0.25) is 5.91 Å². The zero-order valence-electron chi connectivity index (χ0n) is 11.3. The summed E-state index contributed by atoms with van der Waals surface area (Å²) < 4.78 is 23.1. The van der Waals surface area contributed by atoms with Crippen molar-refractivity contribution in [1.82, 2.24) is 5.32 Å². The molecular formula is C14H18ClNO3S. The van der Waals surface area contributed by atoms with Crippen LogP contribution in [0.5, 0.6) is 0 Å². The van der Waals surface area contributed by atoms with Crippen LogP contribution in [-0.2, 0) is 14.6 Å². The van der Waals surface area contributed by atoms with Gasteiger partial charge in [0.15, 0.2) is 9.84 Å². The molecule has 1 saturated carbocycles. The Morgan fingerprint density at radius 2 is 2.20 bits per heavy atom. The topological polar surface area (TPSA) is 63.2 Å². The Bertz CT molecular complexity index is 600. The van der Waals surface area contributed by atoms with Gasteiger partial charge < -0.3 is 5.32 Å². The van der Waals surface area contributed by atoms with Crippen molar-refractivity contribution in [1.29, 1.82) is 0 Å². The molecule has 0 spiro atoms. The van der Waals surface area contributed by atoms with Gasteiger partial charge in [0.05, 0.1) is 5.75 Å². The number of nitrogens with one attached hydrogen (secondary N) is 1. The number of hydrogen-bond acceptors (Lipinski definition) is 3. The summed E-state index contributed by atoms with van der Waals surface area (Å²) in [6, 6.07) is 7.56. The molecule has 0 heterocycles. The smallest absolute Gasteiger partial charge is 0.235 e. The maximum absolute atomic E-state index is 11.7. The average molecular weight is 316 g/mol. The van der Waals surface area contributed by atoms with Crippen LogP contribution >= 0.6 is 11.6 Å². The summed E-state index contributed by atoms with van der Waals surface area (Å²) in [7, 11) is -3.27. The van der Waals surface area contributed by atoms with E-state index < -0.39 is 21.5 Å². The highest BCUT2D eigenvalue weighted by molar-refractivity contribution is 7.92. The number of benzene rings is 1. The molecule has 2 atom stereocenters. The molecule has 1 aromatic rings. The number of halogens is 1. The molecule has 1 aliphatic carbocycles. The van der Waals surface area contributed by atoms with E-state index in [1.165, 1.54) is 0 Å². The number of sulfone groups is 1. The molecule has 0 aromatic heterocycles. The molecule has 0 saturated heterocycles. The fraction of sp³-hybridized carbons (Fsp3) is 0.500. The summed E-state index contributed by atoms with van der Waals surface area (Å²) in [6.07, 6.45) is 1.37. The number of carbonyl (C=O) groups excluding carboxylic acids is 1. The highest BCUT2D eigenvalue weighted by Gasteiger charge is 2.39. The minimum Gasteiger partial charge on any atom is -0.352 e. The van der Waals surface area contributed by atoms with E-state index in [1.807, 2.05) is 18.2 Å². The first kappa shape index (κ1) is 15.3. The number of carbonyl (C=O) groups is 1. The summed E-state index contributed by atoms with van der Waals surface area (Å²) in [4.78, 5) is 11.7. The second kappa shape index (κ2) is 6.14. The molecule has 1 aromatic carbocycles. The van der Waals surface area contributed by atoms with Crippen LogP contribution in [0.1, 0.15) is 31.2 Å². The monoisotopic (exact) mass is 315 g/mol. The molecule has 1 aliphatic rings. The van der Waals surface area contributed by atoms with Gasteiger partial charge in [0.25, 0.3) is 0 Å². The number of amides is 1. The minimum absolute atomic E-state index is 0.0257. The summed E-state index contributed by atoms with van der Waals surface area (Å²) in [5.74, 6) is -0.526. The second-order valence-electron chi connectivity index (χ2n) is 5.16. The minimum atomic E-state index is -3.27. The van der Waals surface area contributed by atoms with E-state index in [1.54, 1.807) is 13.0 Å². The van der Waals surface area contributed by atoms with Crippen molar-refractivity contribution in [3.05, 3.63) is 34.9 Å². The third-order valence-corrected chi connectivity index (χ3v) is 5.25. The Hall–Kier alpha value is -1.07.